The van der Waals surface area contributed by atoms with Gasteiger partial charge in [0.25, 0.3) is 0 Å². The Morgan fingerprint density at radius 3 is 2.73 bits per heavy atom. The molecule has 1 aromatic rings. The summed E-state index contributed by atoms with van der Waals surface area (Å²) in [5.74, 6) is -0.499. The summed E-state index contributed by atoms with van der Waals surface area (Å²) in [7, 11) is 0. The number of carbonyl (C=O) groups is 1. The van der Waals surface area contributed by atoms with Gasteiger partial charge in [0.1, 0.15) is 12.2 Å². The third-order valence-electron chi connectivity index (χ3n) is 3.09. The Morgan fingerprint density at radius 2 is 2.27 bits per heavy atom. The topological polar surface area (TPSA) is 63.3 Å². The van der Waals surface area contributed by atoms with Crippen molar-refractivity contribution in [3.05, 3.63) is 17.8 Å². The van der Waals surface area contributed by atoms with Gasteiger partial charge >= 0.3 is 5.97 Å². The van der Waals surface area contributed by atoms with Crippen molar-refractivity contribution in [2.45, 2.75) is 38.5 Å². The molecule has 4 heteroatoms. The maximum absolute atomic E-state index is 11.2. The van der Waals surface area contributed by atoms with Crippen molar-refractivity contribution in [1.82, 2.24) is 4.98 Å². The Bertz CT molecular complexity index is 352. The number of nitrogens with zero attached hydrogens (tertiary/aromatic N) is 1. The second kappa shape index (κ2) is 4.04. The molecule has 1 aromatic heterocycles. The lowest BCUT2D eigenvalue weighted by Gasteiger charge is -2.16. The van der Waals surface area contributed by atoms with E-state index in [2.05, 4.69) is 4.98 Å². The molecule has 0 spiro atoms. The molecule has 2 rings (SSSR count). The lowest BCUT2D eigenvalue weighted by Crippen LogP contribution is -2.19. The van der Waals surface area contributed by atoms with Crippen molar-refractivity contribution < 1.29 is 14.3 Å². The minimum atomic E-state index is -0.782. The number of hydrogen-bond donors (Lipinski definition) is 1. The molecular formula is C11H15NO3. The fourth-order valence-electron chi connectivity index (χ4n) is 2.38. The van der Waals surface area contributed by atoms with E-state index in [1.165, 1.54) is 6.26 Å². The summed E-state index contributed by atoms with van der Waals surface area (Å²) in [6.07, 6.45) is 5.72. The molecule has 1 unspecified atom stereocenters. The van der Waals surface area contributed by atoms with E-state index < -0.39 is 11.9 Å². The highest BCUT2D eigenvalue weighted by Crippen LogP contribution is 2.37. The zero-order valence-corrected chi connectivity index (χ0v) is 8.77. The van der Waals surface area contributed by atoms with Crippen LogP contribution < -0.4 is 0 Å². The molecule has 82 valence electrons. The molecule has 1 saturated carbocycles. The van der Waals surface area contributed by atoms with Gasteiger partial charge in [0.15, 0.2) is 5.89 Å². The maximum atomic E-state index is 11.2. The average molecular weight is 209 g/mol. The Balaban J connectivity index is 2.22. The first-order chi connectivity index (χ1) is 7.18. The van der Waals surface area contributed by atoms with Crippen LogP contribution in [0.1, 0.15) is 43.2 Å². The number of aryl methyl sites for hydroxylation is 1. The molecule has 1 fully saturated rings. The van der Waals surface area contributed by atoms with Crippen molar-refractivity contribution in [3.63, 3.8) is 0 Å². The fourth-order valence-corrected chi connectivity index (χ4v) is 2.38. The van der Waals surface area contributed by atoms with E-state index in [1.807, 2.05) is 0 Å². The van der Waals surface area contributed by atoms with E-state index >= 15 is 0 Å². The van der Waals surface area contributed by atoms with Crippen LogP contribution in [0.25, 0.3) is 0 Å². The molecule has 1 heterocycles. The molecule has 1 atom stereocenters. The highest BCUT2D eigenvalue weighted by Gasteiger charge is 2.33. The largest absolute Gasteiger partial charge is 0.481 e. The Kier molecular flexibility index (Phi) is 2.75. The Labute approximate surface area is 88.3 Å². The van der Waals surface area contributed by atoms with Gasteiger partial charge < -0.3 is 9.52 Å². The summed E-state index contributed by atoms with van der Waals surface area (Å²) in [5.41, 5.74) is 0.576. The molecule has 0 amide bonds. The molecule has 15 heavy (non-hydrogen) atoms. The van der Waals surface area contributed by atoms with Gasteiger partial charge in [-0.05, 0) is 18.8 Å². The fraction of sp³-hybridized carbons (Fsp3) is 0.636. The minimum Gasteiger partial charge on any atom is -0.481 e. The standard InChI is InChI=1S/C11H15NO3/c1-7-12-9(6-15-7)10(11(13)14)8-4-2-3-5-8/h6,8,10H,2-5H2,1H3,(H,13,14). The van der Waals surface area contributed by atoms with Gasteiger partial charge in [0.2, 0.25) is 0 Å². The van der Waals surface area contributed by atoms with Crippen LogP contribution in [0.2, 0.25) is 0 Å². The molecule has 0 aliphatic heterocycles. The van der Waals surface area contributed by atoms with Gasteiger partial charge in [-0.3, -0.25) is 4.79 Å². The lowest BCUT2D eigenvalue weighted by molar-refractivity contribution is -0.140. The first-order valence-electron chi connectivity index (χ1n) is 5.33. The van der Waals surface area contributed by atoms with E-state index in [1.54, 1.807) is 6.92 Å². The molecule has 0 radical (unpaired) electrons. The number of hydrogen-bond acceptors (Lipinski definition) is 3. The first kappa shape index (κ1) is 10.2. The normalized spacial score (nSPS) is 19.3. The highest BCUT2D eigenvalue weighted by molar-refractivity contribution is 5.75. The van der Waals surface area contributed by atoms with E-state index in [9.17, 15) is 9.90 Å². The lowest BCUT2D eigenvalue weighted by atomic mass is 9.89. The maximum Gasteiger partial charge on any atom is 0.312 e. The van der Waals surface area contributed by atoms with Crippen molar-refractivity contribution >= 4 is 5.97 Å². The molecule has 1 N–H and O–H groups in total. The van der Waals surface area contributed by atoms with Gasteiger partial charge in [0, 0.05) is 6.92 Å². The summed E-state index contributed by atoms with van der Waals surface area (Å²) in [6.45, 7) is 1.73. The van der Waals surface area contributed by atoms with Gasteiger partial charge in [0.05, 0.1) is 5.69 Å². The summed E-state index contributed by atoms with van der Waals surface area (Å²) in [4.78, 5) is 15.3. The van der Waals surface area contributed by atoms with Crippen LogP contribution in [-0.4, -0.2) is 16.1 Å². The number of aromatic nitrogens is 1. The first-order valence-corrected chi connectivity index (χ1v) is 5.33. The Hall–Kier alpha value is -1.32. The van der Waals surface area contributed by atoms with Crippen molar-refractivity contribution in [2.24, 2.45) is 5.92 Å². The number of carboxylic acids is 1. The van der Waals surface area contributed by atoms with E-state index in [0.29, 0.717) is 11.6 Å². The number of oxazole rings is 1. The molecule has 0 aromatic carbocycles. The average Bonchev–Trinajstić information content (AvgIpc) is 2.77. The van der Waals surface area contributed by atoms with Gasteiger partial charge in [-0.2, -0.15) is 0 Å². The van der Waals surface area contributed by atoms with Crippen LogP contribution in [0, 0.1) is 12.8 Å². The predicted molar refractivity (Wildman–Crippen MR) is 53.6 cm³/mol. The van der Waals surface area contributed by atoms with Crippen LogP contribution in [0.3, 0.4) is 0 Å². The van der Waals surface area contributed by atoms with Crippen LogP contribution in [0.15, 0.2) is 10.7 Å². The summed E-state index contributed by atoms with van der Waals surface area (Å²) < 4.78 is 5.08. The summed E-state index contributed by atoms with van der Waals surface area (Å²) in [6, 6.07) is 0. The molecule has 4 nitrogen and oxygen atoms in total. The second-order valence-corrected chi connectivity index (χ2v) is 4.15. The summed E-state index contributed by atoms with van der Waals surface area (Å²) >= 11 is 0. The molecular weight excluding hydrogens is 194 g/mol. The monoisotopic (exact) mass is 209 g/mol. The van der Waals surface area contributed by atoms with E-state index in [0.717, 1.165) is 25.7 Å². The predicted octanol–water partition coefficient (Wildman–Crippen LogP) is 2.34. The third-order valence-corrected chi connectivity index (χ3v) is 3.09. The van der Waals surface area contributed by atoms with Gasteiger partial charge in [-0.25, -0.2) is 4.98 Å². The van der Waals surface area contributed by atoms with Crippen LogP contribution in [0.5, 0.6) is 0 Å². The molecule has 0 bridgehead atoms. The highest BCUT2D eigenvalue weighted by atomic mass is 16.4. The van der Waals surface area contributed by atoms with E-state index in [-0.39, 0.29) is 5.92 Å². The van der Waals surface area contributed by atoms with Crippen LogP contribution in [-0.2, 0) is 4.79 Å². The Morgan fingerprint density at radius 1 is 1.60 bits per heavy atom. The quantitative estimate of drug-likeness (QED) is 0.829. The second-order valence-electron chi connectivity index (χ2n) is 4.15. The summed E-state index contributed by atoms with van der Waals surface area (Å²) in [5, 5.41) is 9.21. The van der Waals surface area contributed by atoms with Gasteiger partial charge in [-0.15, -0.1) is 0 Å². The molecule has 0 saturated heterocycles. The smallest absolute Gasteiger partial charge is 0.312 e. The van der Waals surface area contributed by atoms with Crippen molar-refractivity contribution in [2.75, 3.05) is 0 Å². The van der Waals surface area contributed by atoms with E-state index in [4.69, 9.17) is 4.42 Å². The SMILES string of the molecule is Cc1nc(C(C(=O)O)C2CCCC2)co1. The number of carboxylic acid groups (broad SMARTS) is 1. The molecule has 1 aliphatic carbocycles. The number of aliphatic carboxylic acids is 1. The number of rotatable bonds is 3. The zero-order valence-electron chi connectivity index (χ0n) is 8.77. The van der Waals surface area contributed by atoms with Crippen molar-refractivity contribution in [1.29, 1.82) is 0 Å². The zero-order chi connectivity index (χ0) is 10.8. The van der Waals surface area contributed by atoms with Gasteiger partial charge in [-0.1, -0.05) is 12.8 Å². The van der Waals surface area contributed by atoms with Crippen LogP contribution >= 0.6 is 0 Å². The minimum absolute atomic E-state index is 0.229. The third kappa shape index (κ3) is 2.03. The van der Waals surface area contributed by atoms with Crippen LogP contribution in [0.4, 0.5) is 0 Å². The molecule has 1 aliphatic rings. The van der Waals surface area contributed by atoms with Crippen molar-refractivity contribution in [3.8, 4) is 0 Å².